The van der Waals surface area contributed by atoms with Gasteiger partial charge < -0.3 is 28.7 Å². The van der Waals surface area contributed by atoms with E-state index in [0.717, 1.165) is 5.56 Å². The van der Waals surface area contributed by atoms with Gasteiger partial charge in [-0.15, -0.1) is 0 Å². The summed E-state index contributed by atoms with van der Waals surface area (Å²) < 4.78 is 21.2. The van der Waals surface area contributed by atoms with E-state index >= 15 is 0 Å². The molecule has 1 aliphatic heterocycles. The van der Waals surface area contributed by atoms with Crippen molar-refractivity contribution in [2.75, 3.05) is 54.6 Å². The fourth-order valence-electron chi connectivity index (χ4n) is 3.60. The molecule has 1 aliphatic rings. The number of carbonyl (C=O) groups excluding carboxylic acids is 2. The smallest absolute Gasteiger partial charge is 0.253 e. The number of methoxy groups -OCH3 is 4. The molecule has 0 aliphatic carbocycles. The normalized spacial score (nSPS) is 13.5. The van der Waals surface area contributed by atoms with E-state index in [1.807, 2.05) is 0 Å². The Balaban J connectivity index is 1.60. The van der Waals surface area contributed by atoms with E-state index in [1.165, 1.54) is 7.11 Å². The standard InChI is InChI=1S/C23H28N2O6/c1-28-18-7-5-17(6-8-18)23(27)25-11-9-24(10-12-25)21(26)15-16-13-19(29-2)22(31-4)20(14-16)30-3/h5-8,13-14H,9-12,15H2,1-4H3. The predicted octanol–water partition coefficient (Wildman–Crippen LogP) is 2.25. The van der Waals surface area contributed by atoms with Crippen LogP contribution < -0.4 is 18.9 Å². The van der Waals surface area contributed by atoms with Gasteiger partial charge in [-0.2, -0.15) is 0 Å². The summed E-state index contributed by atoms with van der Waals surface area (Å²) in [6.07, 6.45) is 0.211. The second kappa shape index (κ2) is 10.1. The van der Waals surface area contributed by atoms with Gasteiger partial charge >= 0.3 is 0 Å². The van der Waals surface area contributed by atoms with Crippen molar-refractivity contribution >= 4 is 11.8 Å². The Morgan fingerprint density at radius 2 is 1.32 bits per heavy atom. The summed E-state index contributed by atoms with van der Waals surface area (Å²) in [5.74, 6) is 2.18. The van der Waals surface area contributed by atoms with Gasteiger partial charge in [0.05, 0.1) is 34.9 Å². The van der Waals surface area contributed by atoms with Crippen LogP contribution in [0.3, 0.4) is 0 Å². The Morgan fingerprint density at radius 3 is 1.81 bits per heavy atom. The Bertz CT molecular complexity index is 895. The van der Waals surface area contributed by atoms with Crippen molar-refractivity contribution in [1.82, 2.24) is 9.80 Å². The molecule has 3 rings (SSSR count). The minimum atomic E-state index is -0.0422. The number of amides is 2. The van der Waals surface area contributed by atoms with Crippen molar-refractivity contribution in [2.24, 2.45) is 0 Å². The molecule has 2 aromatic carbocycles. The Hall–Kier alpha value is -3.42. The number of rotatable bonds is 7. The summed E-state index contributed by atoms with van der Waals surface area (Å²) in [4.78, 5) is 29.1. The molecule has 8 heteroatoms. The van der Waals surface area contributed by atoms with Gasteiger partial charge in [-0.05, 0) is 42.0 Å². The van der Waals surface area contributed by atoms with Crippen molar-refractivity contribution in [3.63, 3.8) is 0 Å². The zero-order valence-electron chi connectivity index (χ0n) is 18.3. The highest BCUT2D eigenvalue weighted by molar-refractivity contribution is 5.94. The van der Waals surface area contributed by atoms with E-state index in [9.17, 15) is 9.59 Å². The molecular weight excluding hydrogens is 400 g/mol. The highest BCUT2D eigenvalue weighted by atomic mass is 16.5. The first-order valence-corrected chi connectivity index (χ1v) is 10.0. The molecule has 31 heavy (non-hydrogen) atoms. The van der Waals surface area contributed by atoms with Crippen molar-refractivity contribution in [3.05, 3.63) is 47.5 Å². The number of ether oxygens (including phenoxy) is 4. The van der Waals surface area contributed by atoms with Crippen LogP contribution in [-0.4, -0.2) is 76.2 Å². The van der Waals surface area contributed by atoms with Gasteiger partial charge in [0.15, 0.2) is 11.5 Å². The van der Waals surface area contributed by atoms with Crippen LogP contribution in [0.2, 0.25) is 0 Å². The summed E-state index contributed by atoms with van der Waals surface area (Å²) >= 11 is 0. The average Bonchev–Trinajstić information content (AvgIpc) is 2.82. The Kier molecular flexibility index (Phi) is 7.23. The lowest BCUT2D eigenvalue weighted by atomic mass is 10.1. The number of carbonyl (C=O) groups is 2. The van der Waals surface area contributed by atoms with Crippen LogP contribution >= 0.6 is 0 Å². The maximum absolute atomic E-state index is 12.8. The lowest BCUT2D eigenvalue weighted by Gasteiger charge is -2.35. The predicted molar refractivity (Wildman–Crippen MR) is 115 cm³/mol. The number of hydrogen-bond acceptors (Lipinski definition) is 6. The van der Waals surface area contributed by atoms with Crippen LogP contribution in [0.1, 0.15) is 15.9 Å². The van der Waals surface area contributed by atoms with Crippen LogP contribution in [0.25, 0.3) is 0 Å². The van der Waals surface area contributed by atoms with Crippen molar-refractivity contribution in [2.45, 2.75) is 6.42 Å². The van der Waals surface area contributed by atoms with Crippen molar-refractivity contribution in [3.8, 4) is 23.0 Å². The quantitative estimate of drug-likeness (QED) is 0.673. The van der Waals surface area contributed by atoms with E-state index in [-0.39, 0.29) is 18.2 Å². The van der Waals surface area contributed by atoms with Crippen molar-refractivity contribution < 1.29 is 28.5 Å². The SMILES string of the molecule is COc1ccc(C(=O)N2CCN(C(=O)Cc3cc(OC)c(OC)c(OC)c3)CC2)cc1. The summed E-state index contributed by atoms with van der Waals surface area (Å²) in [6, 6.07) is 10.6. The van der Waals surface area contributed by atoms with Crippen LogP contribution in [0.5, 0.6) is 23.0 Å². The molecule has 1 saturated heterocycles. The van der Waals surface area contributed by atoms with E-state index < -0.39 is 0 Å². The number of benzene rings is 2. The van der Waals surface area contributed by atoms with Gasteiger partial charge in [0, 0.05) is 31.7 Å². The molecule has 0 radical (unpaired) electrons. The third-order valence-electron chi connectivity index (χ3n) is 5.34. The molecule has 0 aromatic heterocycles. The Labute approximate surface area is 182 Å². The minimum Gasteiger partial charge on any atom is -0.497 e. The molecule has 0 N–H and O–H groups in total. The largest absolute Gasteiger partial charge is 0.497 e. The topological polar surface area (TPSA) is 77.5 Å². The zero-order valence-corrected chi connectivity index (χ0v) is 18.3. The van der Waals surface area contributed by atoms with E-state index in [1.54, 1.807) is 67.5 Å². The lowest BCUT2D eigenvalue weighted by Crippen LogP contribution is -2.51. The molecular formula is C23H28N2O6. The molecule has 1 heterocycles. The molecule has 0 bridgehead atoms. The van der Waals surface area contributed by atoms with E-state index in [0.29, 0.717) is 54.7 Å². The van der Waals surface area contributed by atoms with Crippen LogP contribution in [-0.2, 0) is 11.2 Å². The molecule has 0 spiro atoms. The first kappa shape index (κ1) is 22.3. The summed E-state index contributed by atoms with van der Waals surface area (Å²) in [5, 5.41) is 0. The molecule has 166 valence electrons. The molecule has 2 aromatic rings. The number of piperazine rings is 1. The molecule has 0 saturated carbocycles. The van der Waals surface area contributed by atoms with Gasteiger partial charge in [0.25, 0.3) is 5.91 Å². The monoisotopic (exact) mass is 428 g/mol. The summed E-state index contributed by atoms with van der Waals surface area (Å²) in [5.41, 5.74) is 1.38. The molecule has 1 fully saturated rings. The fraction of sp³-hybridized carbons (Fsp3) is 0.391. The maximum Gasteiger partial charge on any atom is 0.253 e. The molecule has 2 amide bonds. The van der Waals surface area contributed by atoms with Crippen LogP contribution in [0, 0.1) is 0 Å². The van der Waals surface area contributed by atoms with Gasteiger partial charge in [-0.25, -0.2) is 0 Å². The van der Waals surface area contributed by atoms with Crippen molar-refractivity contribution in [1.29, 1.82) is 0 Å². The second-order valence-electron chi connectivity index (χ2n) is 7.11. The third-order valence-corrected chi connectivity index (χ3v) is 5.34. The molecule has 8 nitrogen and oxygen atoms in total. The van der Waals surface area contributed by atoms with Gasteiger partial charge in [0.2, 0.25) is 11.7 Å². The summed E-state index contributed by atoms with van der Waals surface area (Å²) in [6.45, 7) is 1.97. The maximum atomic E-state index is 12.8. The van der Waals surface area contributed by atoms with Gasteiger partial charge in [-0.3, -0.25) is 9.59 Å². The fourth-order valence-corrected chi connectivity index (χ4v) is 3.60. The molecule has 0 unspecified atom stereocenters. The average molecular weight is 428 g/mol. The highest BCUT2D eigenvalue weighted by Gasteiger charge is 2.25. The van der Waals surface area contributed by atoms with Crippen LogP contribution in [0.4, 0.5) is 0 Å². The van der Waals surface area contributed by atoms with E-state index in [2.05, 4.69) is 0 Å². The lowest BCUT2D eigenvalue weighted by molar-refractivity contribution is -0.131. The minimum absolute atomic E-state index is 0.00850. The molecule has 0 atom stereocenters. The summed E-state index contributed by atoms with van der Waals surface area (Å²) in [7, 11) is 6.22. The Morgan fingerprint density at radius 1 is 0.774 bits per heavy atom. The highest BCUT2D eigenvalue weighted by Crippen LogP contribution is 2.38. The second-order valence-corrected chi connectivity index (χ2v) is 7.11. The number of nitrogens with zero attached hydrogens (tertiary/aromatic N) is 2. The van der Waals surface area contributed by atoms with Gasteiger partial charge in [-0.1, -0.05) is 0 Å². The van der Waals surface area contributed by atoms with Gasteiger partial charge in [0.1, 0.15) is 5.75 Å². The zero-order chi connectivity index (χ0) is 22.4. The van der Waals surface area contributed by atoms with Crippen LogP contribution in [0.15, 0.2) is 36.4 Å². The van der Waals surface area contributed by atoms with E-state index in [4.69, 9.17) is 18.9 Å². The first-order chi connectivity index (χ1) is 15.0. The first-order valence-electron chi connectivity index (χ1n) is 10.0. The number of hydrogen-bond donors (Lipinski definition) is 0. The third kappa shape index (κ3) is 5.02.